The summed E-state index contributed by atoms with van der Waals surface area (Å²) in [6.45, 7) is 6.58. The standard InChI is InChI=1S/C22H33N3O6/c1-22(2,3)31-21(28)23-12-9-19(26)24-16-10-13-25(14-11-16)20(27)15-30-18-8-6-5-7-17(18)29-4/h5-8,16H,9-15H2,1-4H3,(H,23,28)(H,24,26). The largest absolute Gasteiger partial charge is 0.493 e. The Morgan fingerprint density at radius 2 is 1.74 bits per heavy atom. The monoisotopic (exact) mass is 435 g/mol. The number of hydrogen-bond acceptors (Lipinski definition) is 6. The molecule has 1 fully saturated rings. The molecule has 172 valence electrons. The van der Waals surface area contributed by atoms with Crippen molar-refractivity contribution in [3.05, 3.63) is 24.3 Å². The molecule has 0 atom stereocenters. The second-order valence-electron chi connectivity index (χ2n) is 8.34. The first-order valence-electron chi connectivity index (χ1n) is 10.5. The van der Waals surface area contributed by atoms with Crippen LogP contribution < -0.4 is 20.1 Å². The average molecular weight is 436 g/mol. The number of amides is 3. The van der Waals surface area contributed by atoms with Crippen LogP contribution in [0.1, 0.15) is 40.0 Å². The van der Waals surface area contributed by atoms with Crippen LogP contribution in [-0.4, -0.2) is 67.8 Å². The number of nitrogens with one attached hydrogen (secondary N) is 2. The summed E-state index contributed by atoms with van der Waals surface area (Å²) in [6, 6.07) is 7.19. The summed E-state index contributed by atoms with van der Waals surface area (Å²) in [5.74, 6) is 0.871. The van der Waals surface area contributed by atoms with Gasteiger partial charge < -0.3 is 29.7 Å². The number of piperidine rings is 1. The van der Waals surface area contributed by atoms with Crippen molar-refractivity contribution < 1.29 is 28.6 Å². The lowest BCUT2D eigenvalue weighted by atomic mass is 10.0. The normalized spacial score (nSPS) is 14.5. The Kier molecular flexibility index (Phi) is 8.96. The van der Waals surface area contributed by atoms with Crippen molar-refractivity contribution >= 4 is 17.9 Å². The smallest absolute Gasteiger partial charge is 0.407 e. The van der Waals surface area contributed by atoms with Crippen LogP contribution in [0.4, 0.5) is 4.79 Å². The van der Waals surface area contributed by atoms with Gasteiger partial charge in [-0.15, -0.1) is 0 Å². The fourth-order valence-corrected chi connectivity index (χ4v) is 3.13. The molecule has 1 aromatic carbocycles. The molecular weight excluding hydrogens is 402 g/mol. The summed E-state index contributed by atoms with van der Waals surface area (Å²) < 4.78 is 15.9. The molecular formula is C22H33N3O6. The molecule has 31 heavy (non-hydrogen) atoms. The zero-order chi connectivity index (χ0) is 22.9. The minimum atomic E-state index is -0.573. The number of alkyl carbamates (subject to hydrolysis) is 1. The Labute approximate surface area is 183 Å². The van der Waals surface area contributed by atoms with Gasteiger partial charge in [0.05, 0.1) is 7.11 Å². The van der Waals surface area contributed by atoms with Gasteiger partial charge in [-0.05, 0) is 45.7 Å². The summed E-state index contributed by atoms with van der Waals surface area (Å²) in [4.78, 5) is 37.9. The van der Waals surface area contributed by atoms with Crippen molar-refractivity contribution in [1.82, 2.24) is 15.5 Å². The SMILES string of the molecule is COc1ccccc1OCC(=O)N1CCC(NC(=O)CCNC(=O)OC(C)(C)C)CC1. The van der Waals surface area contributed by atoms with E-state index in [9.17, 15) is 14.4 Å². The Morgan fingerprint density at radius 1 is 1.10 bits per heavy atom. The first kappa shape index (κ1) is 24.3. The number of ether oxygens (including phenoxy) is 3. The number of para-hydroxylation sites is 2. The van der Waals surface area contributed by atoms with Crippen molar-refractivity contribution in [2.75, 3.05) is 33.4 Å². The molecule has 9 heteroatoms. The van der Waals surface area contributed by atoms with E-state index >= 15 is 0 Å². The lowest BCUT2D eigenvalue weighted by Gasteiger charge is -2.32. The van der Waals surface area contributed by atoms with E-state index in [4.69, 9.17) is 14.2 Å². The lowest BCUT2D eigenvalue weighted by Crippen LogP contribution is -2.48. The van der Waals surface area contributed by atoms with E-state index in [2.05, 4.69) is 10.6 Å². The highest BCUT2D eigenvalue weighted by Gasteiger charge is 2.24. The number of rotatable bonds is 8. The summed E-state index contributed by atoms with van der Waals surface area (Å²) in [5, 5.41) is 5.52. The predicted molar refractivity (Wildman–Crippen MR) is 115 cm³/mol. The molecule has 3 amide bonds. The van der Waals surface area contributed by atoms with Crippen molar-refractivity contribution in [2.45, 2.75) is 51.7 Å². The van der Waals surface area contributed by atoms with E-state index in [1.54, 1.807) is 44.9 Å². The molecule has 0 bridgehead atoms. The second-order valence-corrected chi connectivity index (χ2v) is 8.34. The van der Waals surface area contributed by atoms with E-state index in [0.717, 1.165) is 0 Å². The van der Waals surface area contributed by atoms with E-state index in [1.807, 2.05) is 12.1 Å². The minimum Gasteiger partial charge on any atom is -0.493 e. The van der Waals surface area contributed by atoms with Crippen LogP contribution in [0.3, 0.4) is 0 Å². The molecule has 9 nitrogen and oxygen atoms in total. The van der Waals surface area contributed by atoms with Gasteiger partial charge >= 0.3 is 6.09 Å². The fourth-order valence-electron chi connectivity index (χ4n) is 3.13. The van der Waals surface area contributed by atoms with Gasteiger partial charge in [0, 0.05) is 32.1 Å². The molecule has 0 aliphatic carbocycles. The quantitative estimate of drug-likeness (QED) is 0.648. The van der Waals surface area contributed by atoms with Gasteiger partial charge in [-0.25, -0.2) is 4.79 Å². The second kappa shape index (κ2) is 11.4. The van der Waals surface area contributed by atoms with E-state index in [0.29, 0.717) is 37.4 Å². The van der Waals surface area contributed by atoms with Gasteiger partial charge in [0.2, 0.25) is 5.91 Å². The van der Waals surface area contributed by atoms with Gasteiger partial charge in [0.15, 0.2) is 18.1 Å². The van der Waals surface area contributed by atoms with Crippen molar-refractivity contribution in [1.29, 1.82) is 0 Å². The Bertz CT molecular complexity index is 754. The predicted octanol–water partition coefficient (Wildman–Crippen LogP) is 2.10. The van der Waals surface area contributed by atoms with Gasteiger partial charge in [-0.2, -0.15) is 0 Å². The van der Waals surface area contributed by atoms with Crippen LogP contribution in [-0.2, 0) is 14.3 Å². The molecule has 0 aromatic heterocycles. The fraction of sp³-hybridized carbons (Fsp3) is 0.591. The Morgan fingerprint density at radius 3 is 2.35 bits per heavy atom. The van der Waals surface area contributed by atoms with Crippen molar-refractivity contribution in [3.8, 4) is 11.5 Å². The van der Waals surface area contributed by atoms with Gasteiger partial charge in [-0.3, -0.25) is 9.59 Å². The maximum absolute atomic E-state index is 12.4. The first-order chi connectivity index (χ1) is 14.7. The Balaban J connectivity index is 1.64. The molecule has 0 spiro atoms. The third-order valence-electron chi connectivity index (χ3n) is 4.65. The third kappa shape index (κ3) is 8.74. The number of methoxy groups -OCH3 is 1. The third-order valence-corrected chi connectivity index (χ3v) is 4.65. The molecule has 0 saturated carbocycles. The zero-order valence-electron chi connectivity index (χ0n) is 18.7. The number of nitrogens with zero attached hydrogens (tertiary/aromatic N) is 1. The molecule has 0 unspecified atom stereocenters. The van der Waals surface area contributed by atoms with Crippen LogP contribution in [0.15, 0.2) is 24.3 Å². The molecule has 1 aliphatic rings. The first-order valence-corrected chi connectivity index (χ1v) is 10.5. The van der Waals surface area contributed by atoms with Gasteiger partial charge in [-0.1, -0.05) is 12.1 Å². The molecule has 2 N–H and O–H groups in total. The van der Waals surface area contributed by atoms with Crippen LogP contribution in [0.2, 0.25) is 0 Å². The van der Waals surface area contributed by atoms with E-state index in [1.165, 1.54) is 0 Å². The van der Waals surface area contributed by atoms with E-state index in [-0.39, 0.29) is 37.4 Å². The van der Waals surface area contributed by atoms with Crippen LogP contribution in [0, 0.1) is 0 Å². The number of benzene rings is 1. The topological polar surface area (TPSA) is 106 Å². The Hall–Kier alpha value is -2.97. The number of likely N-dealkylation sites (tertiary alicyclic amines) is 1. The molecule has 1 aromatic rings. The molecule has 1 heterocycles. The number of hydrogen-bond donors (Lipinski definition) is 2. The molecule has 1 aliphatic heterocycles. The highest BCUT2D eigenvalue weighted by Crippen LogP contribution is 2.25. The van der Waals surface area contributed by atoms with Gasteiger partial charge in [0.25, 0.3) is 5.91 Å². The summed E-state index contributed by atoms with van der Waals surface area (Å²) in [7, 11) is 1.55. The number of carbonyl (C=O) groups excluding carboxylic acids is 3. The lowest BCUT2D eigenvalue weighted by molar-refractivity contribution is -0.134. The van der Waals surface area contributed by atoms with Crippen LogP contribution in [0.5, 0.6) is 11.5 Å². The van der Waals surface area contributed by atoms with Crippen LogP contribution in [0.25, 0.3) is 0 Å². The minimum absolute atomic E-state index is 0.00760. The highest BCUT2D eigenvalue weighted by molar-refractivity contribution is 5.78. The maximum Gasteiger partial charge on any atom is 0.407 e. The van der Waals surface area contributed by atoms with Gasteiger partial charge in [0.1, 0.15) is 5.60 Å². The summed E-state index contributed by atoms with van der Waals surface area (Å²) in [6.07, 6.45) is 0.977. The summed E-state index contributed by atoms with van der Waals surface area (Å²) >= 11 is 0. The van der Waals surface area contributed by atoms with E-state index < -0.39 is 11.7 Å². The highest BCUT2D eigenvalue weighted by atomic mass is 16.6. The molecule has 2 rings (SSSR count). The average Bonchev–Trinajstić information content (AvgIpc) is 2.71. The van der Waals surface area contributed by atoms with Crippen molar-refractivity contribution in [3.63, 3.8) is 0 Å². The van der Waals surface area contributed by atoms with Crippen LogP contribution >= 0.6 is 0 Å². The molecule has 1 saturated heterocycles. The van der Waals surface area contributed by atoms with Crippen molar-refractivity contribution in [2.24, 2.45) is 0 Å². The zero-order valence-corrected chi connectivity index (χ0v) is 18.7. The summed E-state index contributed by atoms with van der Waals surface area (Å²) in [5.41, 5.74) is -0.573. The molecule has 0 radical (unpaired) electrons. The maximum atomic E-state index is 12.4. The number of carbonyl (C=O) groups is 3.